The summed E-state index contributed by atoms with van der Waals surface area (Å²) in [4.78, 5) is 35.3. The monoisotopic (exact) mass is 392 g/mol. The van der Waals surface area contributed by atoms with Crippen LogP contribution in [0.5, 0.6) is 0 Å². The molecule has 2 heterocycles. The fourth-order valence-corrected chi connectivity index (χ4v) is 2.97. The normalized spacial score (nSPS) is 10.7. The van der Waals surface area contributed by atoms with Crippen LogP contribution in [-0.4, -0.2) is 53.0 Å². The largest absolute Gasteiger partial charge is 0.462 e. The van der Waals surface area contributed by atoms with Gasteiger partial charge in [0.2, 0.25) is 5.91 Å². The van der Waals surface area contributed by atoms with Gasteiger partial charge in [-0.05, 0) is 25.8 Å². The van der Waals surface area contributed by atoms with Crippen molar-refractivity contribution in [3.05, 3.63) is 29.0 Å². The molecule has 2 aromatic rings. The number of esters is 1. The number of fused-ring (bicyclic) bond motifs is 1. The number of hydrogen-bond acceptors (Lipinski definition) is 6. The highest BCUT2D eigenvalue weighted by molar-refractivity contribution is 6.35. The van der Waals surface area contributed by atoms with Crippen molar-refractivity contribution >= 4 is 40.2 Å². The summed E-state index contributed by atoms with van der Waals surface area (Å²) in [5.74, 6) is -0.567. The summed E-state index contributed by atoms with van der Waals surface area (Å²) in [5.41, 5.74) is 1.52. The molecule has 0 fully saturated rings. The van der Waals surface area contributed by atoms with Gasteiger partial charge in [-0.15, -0.1) is 0 Å². The molecule has 0 atom stereocenters. The quantitative estimate of drug-likeness (QED) is 0.657. The summed E-state index contributed by atoms with van der Waals surface area (Å²) >= 11 is 6.20. The first-order valence-electron chi connectivity index (χ1n) is 9.15. The second-order valence-electron chi connectivity index (χ2n) is 5.99. The number of pyridine rings is 2. The molecule has 0 aromatic carbocycles. The highest BCUT2D eigenvalue weighted by Gasteiger charge is 2.20. The minimum Gasteiger partial charge on any atom is -0.462 e. The van der Waals surface area contributed by atoms with Crippen molar-refractivity contribution in [2.75, 3.05) is 31.6 Å². The zero-order valence-electron chi connectivity index (χ0n) is 15.9. The van der Waals surface area contributed by atoms with Gasteiger partial charge in [0, 0.05) is 25.5 Å². The first kappa shape index (κ1) is 20.9. The molecular formula is C19H25ClN4O3. The van der Waals surface area contributed by atoms with Gasteiger partial charge in [-0.25, -0.2) is 4.79 Å². The van der Waals surface area contributed by atoms with E-state index < -0.39 is 5.97 Å². The lowest BCUT2D eigenvalue weighted by atomic mass is 10.1. The van der Waals surface area contributed by atoms with Gasteiger partial charge in [0.05, 0.1) is 23.9 Å². The Kier molecular flexibility index (Phi) is 7.79. The van der Waals surface area contributed by atoms with E-state index in [0.29, 0.717) is 34.8 Å². The molecule has 0 unspecified atom stereocenters. The maximum Gasteiger partial charge on any atom is 0.341 e. The lowest BCUT2D eigenvalue weighted by Crippen LogP contribution is -2.37. The molecule has 0 spiro atoms. The van der Waals surface area contributed by atoms with Crippen molar-refractivity contribution in [2.24, 2.45) is 0 Å². The van der Waals surface area contributed by atoms with Crippen LogP contribution < -0.4 is 5.32 Å². The Balaban J connectivity index is 2.36. The van der Waals surface area contributed by atoms with Crippen LogP contribution in [0.15, 0.2) is 18.5 Å². The van der Waals surface area contributed by atoms with E-state index in [-0.39, 0.29) is 24.6 Å². The second-order valence-corrected chi connectivity index (χ2v) is 6.40. The van der Waals surface area contributed by atoms with Gasteiger partial charge in [-0.3, -0.25) is 14.8 Å². The van der Waals surface area contributed by atoms with Crippen molar-refractivity contribution in [3.8, 4) is 0 Å². The summed E-state index contributed by atoms with van der Waals surface area (Å²) in [6.07, 6.45) is 4.70. The Morgan fingerprint density at radius 3 is 2.48 bits per heavy atom. The molecule has 2 aromatic heterocycles. The van der Waals surface area contributed by atoms with E-state index in [0.717, 1.165) is 12.8 Å². The van der Waals surface area contributed by atoms with Crippen LogP contribution in [0.1, 0.15) is 44.0 Å². The van der Waals surface area contributed by atoms with Crippen LogP contribution in [0, 0.1) is 0 Å². The zero-order chi connectivity index (χ0) is 19.8. The number of aromatic nitrogens is 2. The van der Waals surface area contributed by atoms with Crippen LogP contribution in [0.3, 0.4) is 0 Å². The van der Waals surface area contributed by atoms with E-state index >= 15 is 0 Å². The van der Waals surface area contributed by atoms with Crippen molar-refractivity contribution in [1.82, 2.24) is 14.9 Å². The molecule has 0 aliphatic carbocycles. The highest BCUT2D eigenvalue weighted by Crippen LogP contribution is 2.28. The van der Waals surface area contributed by atoms with E-state index in [1.54, 1.807) is 17.9 Å². The van der Waals surface area contributed by atoms with Gasteiger partial charge in [0.25, 0.3) is 0 Å². The van der Waals surface area contributed by atoms with E-state index in [4.69, 9.17) is 16.3 Å². The van der Waals surface area contributed by atoms with Gasteiger partial charge in [-0.1, -0.05) is 25.4 Å². The standard InChI is InChI=1S/C19H25ClN4O3/c1-4-9-24(10-5-2)15(25)12-23-16-13(19(26)27-6-3)11-22-17-14(20)7-8-21-18(16)17/h7-8,11H,4-6,9-10,12H2,1-3H3,(H,22,23). The fraction of sp³-hybridized carbons (Fsp3) is 0.474. The fourth-order valence-electron chi connectivity index (χ4n) is 2.78. The lowest BCUT2D eigenvalue weighted by molar-refractivity contribution is -0.129. The summed E-state index contributed by atoms with van der Waals surface area (Å²) in [7, 11) is 0. The number of amides is 1. The summed E-state index contributed by atoms with van der Waals surface area (Å²) in [5, 5.41) is 3.49. The number of anilines is 1. The number of carbonyl (C=O) groups excluding carboxylic acids is 2. The molecule has 1 amide bonds. The predicted octanol–water partition coefficient (Wildman–Crippen LogP) is 3.52. The maximum atomic E-state index is 12.6. The number of nitrogens with one attached hydrogen (secondary N) is 1. The number of ether oxygens (including phenoxy) is 1. The van der Waals surface area contributed by atoms with Crippen LogP contribution in [0.4, 0.5) is 5.69 Å². The third kappa shape index (κ3) is 5.07. The zero-order valence-corrected chi connectivity index (χ0v) is 16.7. The lowest BCUT2D eigenvalue weighted by Gasteiger charge is -2.22. The van der Waals surface area contributed by atoms with Crippen molar-refractivity contribution in [2.45, 2.75) is 33.6 Å². The molecule has 1 N–H and O–H groups in total. The Morgan fingerprint density at radius 2 is 1.85 bits per heavy atom. The molecule has 146 valence electrons. The second kappa shape index (κ2) is 10.1. The van der Waals surface area contributed by atoms with Crippen LogP contribution >= 0.6 is 11.6 Å². The van der Waals surface area contributed by atoms with E-state index in [9.17, 15) is 9.59 Å². The van der Waals surface area contributed by atoms with Gasteiger partial charge in [-0.2, -0.15) is 0 Å². The molecule has 0 bridgehead atoms. The van der Waals surface area contributed by atoms with Crippen LogP contribution in [0.2, 0.25) is 5.02 Å². The number of halogens is 1. The Labute approximate surface area is 164 Å². The number of carbonyl (C=O) groups is 2. The minimum absolute atomic E-state index is 0.0412. The molecule has 0 saturated heterocycles. The molecule has 7 nitrogen and oxygen atoms in total. The Hall–Kier alpha value is -2.41. The molecule has 0 saturated carbocycles. The van der Waals surface area contributed by atoms with Crippen LogP contribution in [-0.2, 0) is 9.53 Å². The topological polar surface area (TPSA) is 84.4 Å². The number of nitrogens with zero attached hydrogens (tertiary/aromatic N) is 3. The van der Waals surface area contributed by atoms with Crippen LogP contribution in [0.25, 0.3) is 11.0 Å². The first-order valence-corrected chi connectivity index (χ1v) is 9.53. The molecule has 2 rings (SSSR count). The van der Waals surface area contributed by atoms with Crippen molar-refractivity contribution < 1.29 is 14.3 Å². The van der Waals surface area contributed by atoms with Gasteiger partial charge in [0.15, 0.2) is 0 Å². The average Bonchev–Trinajstić information content (AvgIpc) is 2.66. The molecule has 27 heavy (non-hydrogen) atoms. The summed E-state index contributed by atoms with van der Waals surface area (Å²) in [6.45, 7) is 7.46. The highest BCUT2D eigenvalue weighted by atomic mass is 35.5. The van der Waals surface area contributed by atoms with E-state index in [1.165, 1.54) is 12.4 Å². The van der Waals surface area contributed by atoms with Crippen molar-refractivity contribution in [1.29, 1.82) is 0 Å². The molecule has 8 heteroatoms. The first-order chi connectivity index (χ1) is 13.0. The summed E-state index contributed by atoms with van der Waals surface area (Å²) < 4.78 is 5.10. The average molecular weight is 393 g/mol. The third-order valence-corrected chi connectivity index (χ3v) is 4.26. The minimum atomic E-state index is -0.525. The molecular weight excluding hydrogens is 368 g/mol. The van der Waals surface area contributed by atoms with E-state index in [2.05, 4.69) is 15.3 Å². The smallest absolute Gasteiger partial charge is 0.341 e. The SMILES string of the molecule is CCCN(CCC)C(=O)CNc1c(C(=O)OCC)cnc2c(Cl)ccnc12. The van der Waals surface area contributed by atoms with Gasteiger partial charge >= 0.3 is 5.97 Å². The van der Waals surface area contributed by atoms with Crippen molar-refractivity contribution in [3.63, 3.8) is 0 Å². The van der Waals surface area contributed by atoms with Gasteiger partial charge < -0.3 is 15.0 Å². The molecule has 0 aliphatic rings. The number of hydrogen-bond donors (Lipinski definition) is 1. The maximum absolute atomic E-state index is 12.6. The molecule has 0 radical (unpaired) electrons. The third-order valence-electron chi connectivity index (χ3n) is 3.96. The Morgan fingerprint density at radius 1 is 1.15 bits per heavy atom. The number of rotatable bonds is 9. The molecule has 0 aliphatic heterocycles. The van der Waals surface area contributed by atoms with Gasteiger partial charge in [0.1, 0.15) is 16.6 Å². The summed E-state index contributed by atoms with van der Waals surface area (Å²) in [6, 6.07) is 1.63. The predicted molar refractivity (Wildman–Crippen MR) is 106 cm³/mol. The van der Waals surface area contributed by atoms with E-state index in [1.807, 2.05) is 13.8 Å². The Bertz CT molecular complexity index is 807.